The predicted molar refractivity (Wildman–Crippen MR) is 252 cm³/mol. The highest BCUT2D eigenvalue weighted by Crippen LogP contribution is 2.45. The third kappa shape index (κ3) is 10.8. The molecule has 1 amide bonds. The van der Waals surface area contributed by atoms with Crippen molar-refractivity contribution in [3.8, 4) is 39.8 Å². The van der Waals surface area contributed by atoms with Crippen molar-refractivity contribution in [2.75, 3.05) is 58.6 Å². The van der Waals surface area contributed by atoms with E-state index in [4.69, 9.17) is 29.8 Å². The third-order valence-electron chi connectivity index (χ3n) is 11.0. The molecule has 7 rings (SSSR count). The van der Waals surface area contributed by atoms with E-state index in [-0.39, 0.29) is 68.5 Å². The number of sulfone groups is 1. The molecule has 5 aromatic carbocycles. The Morgan fingerprint density at radius 1 is 0.791 bits per heavy atom. The van der Waals surface area contributed by atoms with Gasteiger partial charge in [0.05, 0.1) is 56.3 Å². The number of hydrogen-bond donors (Lipinski definition) is 3. The highest BCUT2D eigenvalue weighted by Gasteiger charge is 2.46. The number of nitrogens with one attached hydrogen (secondary N) is 1. The number of nitrogens with zero attached hydrogens (tertiary/aromatic N) is 6. The summed E-state index contributed by atoms with van der Waals surface area (Å²) >= 11 is 0. The summed E-state index contributed by atoms with van der Waals surface area (Å²) in [5.41, 5.74) is 8.85. The van der Waals surface area contributed by atoms with Gasteiger partial charge in [0.15, 0.2) is 9.84 Å². The minimum atomic E-state index is -4.95. The lowest BCUT2D eigenvalue weighted by Gasteiger charge is -2.39. The van der Waals surface area contributed by atoms with Crippen LogP contribution in [0.5, 0.6) is 17.2 Å². The predicted octanol–water partition coefficient (Wildman–Crippen LogP) is 5.85. The van der Waals surface area contributed by atoms with Crippen LogP contribution in [-0.4, -0.2) is 116 Å². The van der Waals surface area contributed by atoms with E-state index in [1.165, 1.54) is 40.4 Å². The number of nitrogen functional groups attached to an aromatic ring is 1. The summed E-state index contributed by atoms with van der Waals surface area (Å²) in [6.45, 7) is 4.25. The van der Waals surface area contributed by atoms with Crippen LogP contribution in [-0.2, 0) is 44.2 Å². The third-order valence-corrected chi connectivity index (χ3v) is 15.1. The number of sulfonamides is 1. The van der Waals surface area contributed by atoms with Crippen molar-refractivity contribution in [3.05, 3.63) is 120 Å². The second kappa shape index (κ2) is 20.0. The van der Waals surface area contributed by atoms with Gasteiger partial charge in [-0.2, -0.15) is 9.10 Å². The van der Waals surface area contributed by atoms with Crippen LogP contribution < -0.4 is 25.3 Å². The number of likely N-dealkylation sites (tertiary alicyclic amines) is 1. The number of ether oxygens (including phenoxy) is 4. The lowest BCUT2D eigenvalue weighted by molar-refractivity contribution is 0.0139. The van der Waals surface area contributed by atoms with Crippen LogP contribution in [0.25, 0.3) is 22.5 Å². The second-order valence-electron chi connectivity index (χ2n) is 16.7. The summed E-state index contributed by atoms with van der Waals surface area (Å²) < 4.78 is 85.3. The summed E-state index contributed by atoms with van der Waals surface area (Å²) in [7, 11) is -4.94. The molecule has 0 saturated carbocycles. The van der Waals surface area contributed by atoms with Gasteiger partial charge in [-0.25, -0.2) is 21.6 Å². The van der Waals surface area contributed by atoms with Crippen LogP contribution in [0, 0.1) is 0 Å². The molecule has 1 aromatic heterocycles. The van der Waals surface area contributed by atoms with E-state index < -0.39 is 46.6 Å². The minimum Gasteiger partial charge on any atom is -0.497 e. The monoisotopic (exact) mass is 954 g/mol. The maximum absolute atomic E-state index is 16.1. The summed E-state index contributed by atoms with van der Waals surface area (Å²) in [4.78, 5) is 14.4. The number of hydrogen-bond acceptors (Lipinski definition) is 15. The van der Waals surface area contributed by atoms with E-state index in [1.807, 2.05) is 12.1 Å². The number of aliphatic hydroxyl groups excluding tert-OH is 1. The first-order chi connectivity index (χ1) is 31.9. The van der Waals surface area contributed by atoms with Gasteiger partial charge in [0.25, 0.3) is 0 Å². The van der Waals surface area contributed by atoms with Gasteiger partial charge in [0, 0.05) is 38.3 Å². The molecule has 18 nitrogen and oxygen atoms in total. The van der Waals surface area contributed by atoms with Gasteiger partial charge in [-0.1, -0.05) is 54.6 Å². The molecule has 0 aliphatic carbocycles. The Kier molecular flexibility index (Phi) is 14.4. The van der Waals surface area contributed by atoms with E-state index >= 15 is 16.8 Å². The first-order valence-electron chi connectivity index (χ1n) is 21.2. The number of para-hydroxylation sites is 1. The zero-order valence-electron chi connectivity index (χ0n) is 38.0. The first-order valence-corrected chi connectivity index (χ1v) is 24.2. The lowest BCUT2D eigenvalue weighted by Crippen LogP contribution is -2.57. The molecule has 1 fully saturated rings. The van der Waals surface area contributed by atoms with Crippen LogP contribution in [0.4, 0.5) is 16.2 Å². The van der Waals surface area contributed by atoms with Crippen molar-refractivity contribution in [1.82, 2.24) is 29.4 Å². The number of aliphatic hydroxyl groups is 1. The molecule has 1 aliphatic rings. The number of nitrogens with two attached hydrogens (primary N) is 1. The number of tetrazole rings is 1. The van der Waals surface area contributed by atoms with E-state index in [1.54, 1.807) is 107 Å². The molecule has 2 heterocycles. The molecule has 0 spiro atoms. The van der Waals surface area contributed by atoms with Crippen molar-refractivity contribution in [2.24, 2.45) is 0 Å². The van der Waals surface area contributed by atoms with E-state index in [9.17, 15) is 9.90 Å². The van der Waals surface area contributed by atoms with Gasteiger partial charge in [-0.3, -0.25) is 0 Å². The molecule has 4 N–H and O–H groups in total. The Bertz CT molecular complexity index is 2870. The maximum Gasteiger partial charge on any atom is 0.410 e. The average Bonchev–Trinajstić information content (AvgIpc) is 3.75. The van der Waals surface area contributed by atoms with Crippen LogP contribution >= 0.6 is 0 Å². The summed E-state index contributed by atoms with van der Waals surface area (Å²) in [5, 5.41) is 25.0. The largest absolute Gasteiger partial charge is 0.497 e. The Hall–Kier alpha value is -6.74. The zero-order valence-corrected chi connectivity index (χ0v) is 39.7. The summed E-state index contributed by atoms with van der Waals surface area (Å²) in [5.74, 6) is 1.53. The normalized spacial score (nSPS) is 13.3. The number of amides is 1. The minimum absolute atomic E-state index is 0.110. The number of benzene rings is 5. The van der Waals surface area contributed by atoms with Gasteiger partial charge in [0.1, 0.15) is 33.0 Å². The van der Waals surface area contributed by atoms with Crippen LogP contribution in [0.2, 0.25) is 0 Å². The number of anilines is 2. The van der Waals surface area contributed by atoms with E-state index in [2.05, 4.69) is 15.6 Å². The molecular weight excluding hydrogens is 901 g/mol. The number of aromatic nitrogens is 4. The molecular formula is C47H54N8O10S2. The van der Waals surface area contributed by atoms with Crippen molar-refractivity contribution in [2.45, 2.75) is 61.0 Å². The smallest absolute Gasteiger partial charge is 0.410 e. The average molecular weight is 955 g/mol. The van der Waals surface area contributed by atoms with Crippen molar-refractivity contribution < 1.29 is 45.7 Å². The fourth-order valence-electron chi connectivity index (χ4n) is 7.45. The molecule has 1 aliphatic heterocycles. The van der Waals surface area contributed by atoms with Crippen LogP contribution in [0.1, 0.15) is 37.5 Å². The molecule has 354 valence electrons. The van der Waals surface area contributed by atoms with Crippen molar-refractivity contribution in [3.63, 3.8) is 0 Å². The SMILES string of the molecule is COc1ccc(CN(Cc2ccc(OC)cc2)S(=O)(=O)c2c(S(=O)(=O)C3CN(C(=O)OC(C)(C)C)C3)ccc(-c3cccc(NCCO)c3N)c2-c2nnn(Cc3ccc(OC)cc3)n2)cc1. The standard InChI is InChI=1S/C47H54N8O10S2/c1-47(2,3)65-46(57)53-29-37(30-53)66(58,59)41-23-22-38(39-8-7-9-40(43(39)48)49-24-25-56)42(45-50-52-55(51-45)28-33-14-20-36(64-6)21-15-33)44(41)67(60,61)54(26-31-10-16-34(62-4)17-11-31)27-32-12-18-35(63-5)19-13-32/h7-23,37,49,56H,24-30,48H2,1-6H3. The lowest BCUT2D eigenvalue weighted by atomic mass is 9.97. The number of carbonyl (C=O) groups is 1. The van der Waals surface area contributed by atoms with Crippen LogP contribution in [0.3, 0.4) is 0 Å². The Morgan fingerprint density at radius 2 is 1.34 bits per heavy atom. The molecule has 6 aromatic rings. The summed E-state index contributed by atoms with van der Waals surface area (Å²) in [6.07, 6.45) is -0.698. The number of carbonyl (C=O) groups excluding carboxylic acids is 1. The molecule has 20 heteroatoms. The van der Waals surface area contributed by atoms with Crippen LogP contribution in [0.15, 0.2) is 113 Å². The zero-order chi connectivity index (χ0) is 48.1. The molecule has 0 bridgehead atoms. The highest BCUT2D eigenvalue weighted by atomic mass is 32.2. The molecule has 1 saturated heterocycles. The first kappa shape index (κ1) is 48.2. The maximum atomic E-state index is 16.1. The molecule has 0 radical (unpaired) electrons. The van der Waals surface area contributed by atoms with Gasteiger partial charge in [-0.15, -0.1) is 10.2 Å². The van der Waals surface area contributed by atoms with Gasteiger partial charge >= 0.3 is 6.09 Å². The van der Waals surface area contributed by atoms with E-state index in [0.29, 0.717) is 39.6 Å². The Labute approximate surface area is 390 Å². The molecule has 0 unspecified atom stereocenters. The highest BCUT2D eigenvalue weighted by molar-refractivity contribution is 7.94. The fourth-order valence-corrected chi connectivity index (χ4v) is 11.5. The summed E-state index contributed by atoms with van der Waals surface area (Å²) in [6, 6.07) is 28.7. The quantitative estimate of drug-likeness (QED) is 0.0858. The fraction of sp³-hybridized carbons (Fsp3) is 0.319. The number of rotatable bonds is 18. The van der Waals surface area contributed by atoms with Gasteiger partial charge in [-0.05, 0) is 96.8 Å². The van der Waals surface area contributed by atoms with Gasteiger partial charge in [0.2, 0.25) is 15.8 Å². The second-order valence-corrected chi connectivity index (χ2v) is 20.8. The molecule has 67 heavy (non-hydrogen) atoms. The number of methoxy groups -OCH3 is 3. The Balaban J connectivity index is 1.48. The van der Waals surface area contributed by atoms with Crippen molar-refractivity contribution in [1.29, 1.82) is 0 Å². The molecule has 0 atom stereocenters. The van der Waals surface area contributed by atoms with E-state index in [0.717, 1.165) is 5.56 Å². The topological polar surface area (TPSA) is 231 Å². The van der Waals surface area contributed by atoms with Crippen molar-refractivity contribution >= 4 is 37.3 Å². The Morgan fingerprint density at radius 3 is 1.87 bits per heavy atom. The van der Waals surface area contributed by atoms with Gasteiger partial charge < -0.3 is 40.0 Å².